The standard InChI is InChI=1S/C16H14O6/c17-10-6-12(19)16(13(20)7-10)11(18)3-1-9-2-4-14-15(5-9)22-8-21-14/h2,4-7,17,19-20H,1,3,8H2. The fourth-order valence-electron chi connectivity index (χ4n) is 2.36. The molecule has 22 heavy (non-hydrogen) atoms. The number of ketones is 1. The summed E-state index contributed by atoms with van der Waals surface area (Å²) in [7, 11) is 0. The van der Waals surface area contributed by atoms with E-state index in [0.717, 1.165) is 17.7 Å². The number of aryl methyl sites for hydroxylation is 1. The Labute approximate surface area is 126 Å². The van der Waals surface area contributed by atoms with E-state index in [4.69, 9.17) is 9.47 Å². The zero-order chi connectivity index (χ0) is 15.7. The lowest BCUT2D eigenvalue weighted by Crippen LogP contribution is -2.02. The van der Waals surface area contributed by atoms with E-state index >= 15 is 0 Å². The Hall–Kier alpha value is -2.89. The van der Waals surface area contributed by atoms with Gasteiger partial charge in [-0.05, 0) is 24.1 Å². The molecule has 0 unspecified atom stereocenters. The third-order valence-corrected chi connectivity index (χ3v) is 3.44. The number of aromatic hydroxyl groups is 3. The quantitative estimate of drug-likeness (QED) is 0.750. The summed E-state index contributed by atoms with van der Waals surface area (Å²) in [5, 5.41) is 28.6. The van der Waals surface area contributed by atoms with Crippen molar-refractivity contribution in [3.05, 3.63) is 41.5 Å². The molecule has 0 fully saturated rings. The van der Waals surface area contributed by atoms with Gasteiger partial charge in [0.05, 0.1) is 0 Å². The fourth-order valence-corrected chi connectivity index (χ4v) is 2.36. The van der Waals surface area contributed by atoms with E-state index in [1.807, 2.05) is 6.07 Å². The van der Waals surface area contributed by atoms with Crippen LogP contribution in [0.2, 0.25) is 0 Å². The second kappa shape index (κ2) is 5.48. The first-order valence-electron chi connectivity index (χ1n) is 6.71. The first-order chi connectivity index (χ1) is 10.5. The molecule has 0 atom stereocenters. The highest BCUT2D eigenvalue weighted by atomic mass is 16.7. The predicted octanol–water partition coefficient (Wildman–Crippen LogP) is 2.35. The second-order valence-corrected chi connectivity index (χ2v) is 4.97. The Morgan fingerprint density at radius 3 is 2.41 bits per heavy atom. The van der Waals surface area contributed by atoms with Crippen LogP contribution in [-0.4, -0.2) is 27.9 Å². The van der Waals surface area contributed by atoms with Crippen LogP contribution in [-0.2, 0) is 6.42 Å². The number of benzene rings is 2. The lowest BCUT2D eigenvalue weighted by Gasteiger charge is -2.07. The van der Waals surface area contributed by atoms with Crippen molar-refractivity contribution in [1.29, 1.82) is 0 Å². The molecule has 0 amide bonds. The summed E-state index contributed by atoms with van der Waals surface area (Å²) in [6.45, 7) is 0.187. The van der Waals surface area contributed by atoms with E-state index in [1.165, 1.54) is 0 Å². The van der Waals surface area contributed by atoms with Crippen molar-refractivity contribution in [2.24, 2.45) is 0 Å². The minimum atomic E-state index is -0.437. The summed E-state index contributed by atoms with van der Waals surface area (Å²) >= 11 is 0. The van der Waals surface area contributed by atoms with Crippen molar-refractivity contribution in [2.75, 3.05) is 6.79 Å². The number of phenols is 3. The number of fused-ring (bicyclic) bond motifs is 1. The summed E-state index contributed by atoms with van der Waals surface area (Å²) in [6.07, 6.45) is 0.529. The average molecular weight is 302 g/mol. The van der Waals surface area contributed by atoms with Crippen LogP contribution in [0.3, 0.4) is 0 Å². The highest BCUT2D eigenvalue weighted by Crippen LogP contribution is 2.34. The molecule has 6 heteroatoms. The Kier molecular flexibility index (Phi) is 3.50. The number of carbonyl (C=O) groups is 1. The van der Waals surface area contributed by atoms with Crippen molar-refractivity contribution >= 4 is 5.78 Å². The summed E-state index contributed by atoms with van der Waals surface area (Å²) in [5.74, 6) is -0.277. The normalized spacial score (nSPS) is 12.4. The molecule has 1 heterocycles. The maximum Gasteiger partial charge on any atom is 0.231 e. The van der Waals surface area contributed by atoms with Crippen LogP contribution in [0, 0.1) is 0 Å². The number of carbonyl (C=O) groups excluding carboxylic acids is 1. The van der Waals surface area contributed by atoms with E-state index in [1.54, 1.807) is 12.1 Å². The molecule has 3 rings (SSSR count). The van der Waals surface area contributed by atoms with Crippen LogP contribution >= 0.6 is 0 Å². The minimum Gasteiger partial charge on any atom is -0.508 e. The van der Waals surface area contributed by atoms with Crippen molar-refractivity contribution in [1.82, 2.24) is 0 Å². The maximum absolute atomic E-state index is 12.1. The van der Waals surface area contributed by atoms with Gasteiger partial charge in [0.1, 0.15) is 22.8 Å². The van der Waals surface area contributed by atoms with Gasteiger partial charge < -0.3 is 24.8 Å². The van der Waals surface area contributed by atoms with Gasteiger partial charge in [-0.2, -0.15) is 0 Å². The third kappa shape index (κ3) is 2.63. The number of Topliss-reactive ketones (excluding diaryl/α,β-unsaturated/α-hetero) is 1. The summed E-state index contributed by atoms with van der Waals surface area (Å²) in [5.41, 5.74) is 0.703. The van der Waals surface area contributed by atoms with E-state index in [9.17, 15) is 20.1 Å². The summed E-state index contributed by atoms with van der Waals surface area (Å²) < 4.78 is 10.5. The first-order valence-corrected chi connectivity index (χ1v) is 6.71. The van der Waals surface area contributed by atoms with Crippen molar-refractivity contribution in [3.63, 3.8) is 0 Å². The topological polar surface area (TPSA) is 96.2 Å². The molecule has 0 radical (unpaired) electrons. The Morgan fingerprint density at radius 2 is 1.68 bits per heavy atom. The zero-order valence-electron chi connectivity index (χ0n) is 11.6. The number of ether oxygens (including phenoxy) is 2. The average Bonchev–Trinajstić information content (AvgIpc) is 2.91. The molecule has 0 spiro atoms. The van der Waals surface area contributed by atoms with E-state index in [2.05, 4.69) is 0 Å². The van der Waals surface area contributed by atoms with Crippen molar-refractivity contribution in [2.45, 2.75) is 12.8 Å². The van der Waals surface area contributed by atoms with Crippen LogP contribution in [0.4, 0.5) is 0 Å². The molecule has 2 aromatic rings. The smallest absolute Gasteiger partial charge is 0.231 e. The van der Waals surface area contributed by atoms with E-state index in [0.29, 0.717) is 17.9 Å². The van der Waals surface area contributed by atoms with Gasteiger partial charge in [0, 0.05) is 18.6 Å². The number of hydrogen-bond acceptors (Lipinski definition) is 6. The Morgan fingerprint density at radius 1 is 1.00 bits per heavy atom. The van der Waals surface area contributed by atoms with Gasteiger partial charge in [-0.15, -0.1) is 0 Å². The first kappa shape index (κ1) is 14.1. The van der Waals surface area contributed by atoms with Crippen molar-refractivity contribution < 1.29 is 29.6 Å². The molecule has 0 bridgehead atoms. The van der Waals surface area contributed by atoms with Gasteiger partial charge in [0.25, 0.3) is 0 Å². The molecule has 0 saturated carbocycles. The molecule has 114 valence electrons. The molecule has 0 saturated heterocycles. The monoisotopic (exact) mass is 302 g/mol. The van der Waals surface area contributed by atoms with Gasteiger partial charge in [0.15, 0.2) is 17.3 Å². The number of phenolic OH excluding ortho intramolecular Hbond substituents is 3. The SMILES string of the molecule is O=C(CCc1ccc2c(c1)OCO2)c1c(O)cc(O)cc1O. The van der Waals surface area contributed by atoms with Gasteiger partial charge >= 0.3 is 0 Å². The van der Waals surface area contributed by atoms with Gasteiger partial charge in [0.2, 0.25) is 6.79 Å². The van der Waals surface area contributed by atoms with Crippen LogP contribution in [0.1, 0.15) is 22.3 Å². The van der Waals surface area contributed by atoms with Gasteiger partial charge in [-0.3, -0.25) is 4.79 Å². The molecule has 0 aromatic heterocycles. The van der Waals surface area contributed by atoms with Gasteiger partial charge in [-0.25, -0.2) is 0 Å². The lowest BCUT2D eigenvalue weighted by molar-refractivity contribution is 0.0977. The maximum atomic E-state index is 12.1. The molecule has 2 aromatic carbocycles. The highest BCUT2D eigenvalue weighted by molar-refractivity contribution is 6.01. The predicted molar refractivity (Wildman–Crippen MR) is 76.7 cm³/mol. The number of rotatable bonds is 4. The van der Waals surface area contributed by atoms with Crippen LogP contribution in [0.15, 0.2) is 30.3 Å². The summed E-state index contributed by atoms with van der Waals surface area (Å²) in [6, 6.07) is 7.45. The van der Waals surface area contributed by atoms with Crippen LogP contribution in [0.5, 0.6) is 28.7 Å². The van der Waals surface area contributed by atoms with E-state index < -0.39 is 17.3 Å². The summed E-state index contributed by atoms with van der Waals surface area (Å²) in [4.78, 5) is 12.1. The minimum absolute atomic E-state index is 0.103. The lowest BCUT2D eigenvalue weighted by atomic mass is 10.0. The Balaban J connectivity index is 1.73. The zero-order valence-corrected chi connectivity index (χ0v) is 11.6. The molecule has 0 aliphatic carbocycles. The molecular formula is C16H14O6. The van der Waals surface area contributed by atoms with E-state index in [-0.39, 0.29) is 24.5 Å². The molecular weight excluding hydrogens is 288 g/mol. The largest absolute Gasteiger partial charge is 0.508 e. The second-order valence-electron chi connectivity index (χ2n) is 4.97. The molecule has 6 nitrogen and oxygen atoms in total. The number of hydrogen-bond donors (Lipinski definition) is 3. The molecule has 3 N–H and O–H groups in total. The van der Waals surface area contributed by atoms with Crippen LogP contribution < -0.4 is 9.47 Å². The Bertz CT molecular complexity index is 714. The molecule has 1 aliphatic rings. The van der Waals surface area contributed by atoms with Crippen LogP contribution in [0.25, 0.3) is 0 Å². The van der Waals surface area contributed by atoms with Gasteiger partial charge in [-0.1, -0.05) is 6.07 Å². The molecule has 1 aliphatic heterocycles. The van der Waals surface area contributed by atoms with Crippen molar-refractivity contribution in [3.8, 4) is 28.7 Å². The highest BCUT2D eigenvalue weighted by Gasteiger charge is 2.18. The fraction of sp³-hybridized carbons (Fsp3) is 0.188. The third-order valence-electron chi connectivity index (χ3n) is 3.44.